The molecule has 0 bridgehead atoms. The van der Waals surface area contributed by atoms with Gasteiger partial charge in [0.1, 0.15) is 0 Å². The molecule has 0 radical (unpaired) electrons. The molecule has 3 heteroatoms. The average Bonchev–Trinajstić information content (AvgIpc) is 2.35. The average molecular weight is 254 g/mol. The Bertz CT molecular complexity index is 235. The molecule has 0 saturated carbocycles. The Hall–Kier alpha value is -0.570. The third-order valence-electron chi connectivity index (χ3n) is 3.93. The van der Waals surface area contributed by atoms with Crippen molar-refractivity contribution in [2.45, 2.75) is 52.9 Å². The van der Waals surface area contributed by atoms with Crippen LogP contribution >= 0.6 is 0 Å². The topological polar surface area (TPSA) is 41.1 Å². The number of piperidine rings is 1. The van der Waals surface area contributed by atoms with Gasteiger partial charge in [-0.15, -0.1) is 0 Å². The molecule has 1 saturated heterocycles. The summed E-state index contributed by atoms with van der Waals surface area (Å²) >= 11 is 0. The number of hydrogen-bond acceptors (Lipinski definition) is 2. The molecule has 2 unspecified atom stereocenters. The minimum absolute atomic E-state index is 0.233. The number of rotatable bonds is 7. The minimum Gasteiger partial charge on any atom is -0.356 e. The van der Waals surface area contributed by atoms with Gasteiger partial charge >= 0.3 is 0 Å². The quantitative estimate of drug-likeness (QED) is 0.686. The van der Waals surface area contributed by atoms with Crippen molar-refractivity contribution < 1.29 is 4.79 Å². The van der Waals surface area contributed by atoms with Crippen LogP contribution in [0.25, 0.3) is 0 Å². The second kappa shape index (κ2) is 8.52. The van der Waals surface area contributed by atoms with E-state index in [0.29, 0.717) is 18.3 Å². The monoisotopic (exact) mass is 254 g/mol. The zero-order chi connectivity index (χ0) is 13.4. The summed E-state index contributed by atoms with van der Waals surface area (Å²) in [5.74, 6) is 2.15. The van der Waals surface area contributed by atoms with E-state index in [0.717, 1.165) is 32.0 Å². The summed E-state index contributed by atoms with van der Waals surface area (Å²) in [6.45, 7) is 9.73. The van der Waals surface area contributed by atoms with Gasteiger partial charge in [-0.25, -0.2) is 0 Å². The molecule has 1 aliphatic rings. The Morgan fingerprint density at radius 2 is 2.17 bits per heavy atom. The maximum absolute atomic E-state index is 11.8. The third kappa shape index (κ3) is 6.39. The van der Waals surface area contributed by atoms with E-state index >= 15 is 0 Å². The van der Waals surface area contributed by atoms with Crippen molar-refractivity contribution in [3.05, 3.63) is 0 Å². The molecule has 0 aliphatic carbocycles. The lowest BCUT2D eigenvalue weighted by Crippen LogP contribution is -2.35. The maximum Gasteiger partial charge on any atom is 0.220 e. The second-order valence-electron chi connectivity index (χ2n) is 6.17. The highest BCUT2D eigenvalue weighted by atomic mass is 16.1. The van der Waals surface area contributed by atoms with Gasteiger partial charge in [-0.2, -0.15) is 0 Å². The van der Waals surface area contributed by atoms with Crippen molar-refractivity contribution in [1.29, 1.82) is 0 Å². The van der Waals surface area contributed by atoms with E-state index < -0.39 is 0 Å². The lowest BCUT2D eigenvalue weighted by molar-refractivity contribution is -0.122. The fourth-order valence-corrected chi connectivity index (χ4v) is 2.63. The SMILES string of the molecule is CC(C)CCCNC(=O)CC(C)C1CCCNC1. The number of nitrogens with one attached hydrogen (secondary N) is 2. The first kappa shape index (κ1) is 15.5. The molecule has 2 atom stereocenters. The third-order valence-corrected chi connectivity index (χ3v) is 3.93. The number of carbonyl (C=O) groups is 1. The van der Waals surface area contributed by atoms with Crippen LogP contribution in [0, 0.1) is 17.8 Å². The molecule has 0 spiro atoms. The molecule has 3 nitrogen and oxygen atoms in total. The Kier molecular flexibility index (Phi) is 7.33. The highest BCUT2D eigenvalue weighted by molar-refractivity contribution is 5.76. The summed E-state index contributed by atoms with van der Waals surface area (Å²) in [5, 5.41) is 6.47. The fraction of sp³-hybridized carbons (Fsp3) is 0.933. The van der Waals surface area contributed by atoms with Gasteiger partial charge < -0.3 is 10.6 Å². The highest BCUT2D eigenvalue weighted by Gasteiger charge is 2.21. The van der Waals surface area contributed by atoms with Gasteiger partial charge in [-0.3, -0.25) is 4.79 Å². The van der Waals surface area contributed by atoms with Crippen LogP contribution in [0.1, 0.15) is 52.9 Å². The lowest BCUT2D eigenvalue weighted by Gasteiger charge is -2.28. The summed E-state index contributed by atoms with van der Waals surface area (Å²) in [4.78, 5) is 11.8. The first-order valence-corrected chi connectivity index (χ1v) is 7.57. The van der Waals surface area contributed by atoms with Gasteiger partial charge in [0.05, 0.1) is 0 Å². The first-order valence-electron chi connectivity index (χ1n) is 7.57. The van der Waals surface area contributed by atoms with Crippen LogP contribution in [-0.2, 0) is 4.79 Å². The van der Waals surface area contributed by atoms with Crippen molar-refractivity contribution in [1.82, 2.24) is 10.6 Å². The van der Waals surface area contributed by atoms with Gasteiger partial charge in [0.25, 0.3) is 0 Å². The standard InChI is InChI=1S/C15H30N2O/c1-12(2)6-4-9-17-15(18)10-13(3)14-7-5-8-16-11-14/h12-14,16H,4-11H2,1-3H3,(H,17,18). The maximum atomic E-state index is 11.8. The molecule has 0 aromatic carbocycles. The van der Waals surface area contributed by atoms with Crippen molar-refractivity contribution >= 4 is 5.91 Å². The van der Waals surface area contributed by atoms with Crippen LogP contribution in [-0.4, -0.2) is 25.5 Å². The van der Waals surface area contributed by atoms with E-state index in [2.05, 4.69) is 31.4 Å². The molecule has 2 N–H and O–H groups in total. The largest absolute Gasteiger partial charge is 0.356 e. The smallest absolute Gasteiger partial charge is 0.220 e. The Balaban J connectivity index is 2.10. The summed E-state index contributed by atoms with van der Waals surface area (Å²) in [7, 11) is 0. The van der Waals surface area contributed by atoms with Gasteiger partial charge in [-0.1, -0.05) is 20.8 Å². The van der Waals surface area contributed by atoms with Crippen LogP contribution in [0.5, 0.6) is 0 Å². The molecule has 0 aromatic heterocycles. The predicted octanol–water partition coefficient (Wildman–Crippen LogP) is 2.56. The molecule has 1 aliphatic heterocycles. The van der Waals surface area contributed by atoms with Crippen LogP contribution in [0.4, 0.5) is 0 Å². The van der Waals surface area contributed by atoms with Crippen LogP contribution in [0.15, 0.2) is 0 Å². The molecule has 1 fully saturated rings. The molecular formula is C15H30N2O. The van der Waals surface area contributed by atoms with Gasteiger partial charge in [-0.05, 0) is 56.5 Å². The molecule has 1 amide bonds. The predicted molar refractivity (Wildman–Crippen MR) is 76.5 cm³/mol. The van der Waals surface area contributed by atoms with Crippen molar-refractivity contribution in [3.63, 3.8) is 0 Å². The normalized spacial score (nSPS) is 21.9. The lowest BCUT2D eigenvalue weighted by atomic mass is 9.85. The van der Waals surface area contributed by atoms with Crippen LogP contribution in [0.2, 0.25) is 0 Å². The van der Waals surface area contributed by atoms with Gasteiger partial charge in [0, 0.05) is 13.0 Å². The van der Waals surface area contributed by atoms with Crippen LogP contribution in [0.3, 0.4) is 0 Å². The molecule has 1 heterocycles. The molecule has 18 heavy (non-hydrogen) atoms. The summed E-state index contributed by atoms with van der Waals surface area (Å²) in [6.07, 6.45) is 5.51. The fourth-order valence-electron chi connectivity index (χ4n) is 2.63. The van der Waals surface area contributed by atoms with E-state index in [-0.39, 0.29) is 5.91 Å². The van der Waals surface area contributed by atoms with Crippen molar-refractivity contribution in [2.24, 2.45) is 17.8 Å². The zero-order valence-corrected chi connectivity index (χ0v) is 12.3. The van der Waals surface area contributed by atoms with E-state index in [1.165, 1.54) is 19.3 Å². The van der Waals surface area contributed by atoms with E-state index in [1.54, 1.807) is 0 Å². The van der Waals surface area contributed by atoms with Gasteiger partial charge in [0.2, 0.25) is 5.91 Å². The number of hydrogen-bond donors (Lipinski definition) is 2. The molecular weight excluding hydrogens is 224 g/mol. The Morgan fingerprint density at radius 1 is 1.39 bits per heavy atom. The summed E-state index contributed by atoms with van der Waals surface area (Å²) in [5.41, 5.74) is 0. The Morgan fingerprint density at radius 3 is 2.78 bits per heavy atom. The van der Waals surface area contributed by atoms with Crippen molar-refractivity contribution in [2.75, 3.05) is 19.6 Å². The zero-order valence-electron chi connectivity index (χ0n) is 12.3. The molecule has 0 aromatic rings. The number of carbonyl (C=O) groups excluding carboxylic acids is 1. The minimum atomic E-state index is 0.233. The van der Waals surface area contributed by atoms with Gasteiger partial charge in [0.15, 0.2) is 0 Å². The summed E-state index contributed by atoms with van der Waals surface area (Å²) < 4.78 is 0. The Labute approximate surface area is 112 Å². The van der Waals surface area contributed by atoms with Crippen LogP contribution < -0.4 is 10.6 Å². The van der Waals surface area contributed by atoms with E-state index in [4.69, 9.17) is 0 Å². The number of amides is 1. The summed E-state index contributed by atoms with van der Waals surface area (Å²) in [6, 6.07) is 0. The van der Waals surface area contributed by atoms with Crippen molar-refractivity contribution in [3.8, 4) is 0 Å². The molecule has 106 valence electrons. The van der Waals surface area contributed by atoms with E-state index in [9.17, 15) is 4.79 Å². The van der Waals surface area contributed by atoms with E-state index in [1.807, 2.05) is 0 Å². The second-order valence-corrected chi connectivity index (χ2v) is 6.17. The highest BCUT2D eigenvalue weighted by Crippen LogP contribution is 2.22. The molecule has 1 rings (SSSR count). The first-order chi connectivity index (χ1) is 8.59.